The summed E-state index contributed by atoms with van der Waals surface area (Å²) in [5, 5.41) is 16.0. The zero-order valence-corrected chi connectivity index (χ0v) is 9.50. The summed E-state index contributed by atoms with van der Waals surface area (Å²) in [6, 6.07) is 0. The smallest absolute Gasteiger partial charge is 0.223 e. The van der Waals surface area contributed by atoms with Crippen LogP contribution in [0.1, 0.15) is 19.3 Å². The summed E-state index contributed by atoms with van der Waals surface area (Å²) in [5.74, 6) is 0.175. The zero-order chi connectivity index (χ0) is 11.4. The maximum Gasteiger partial charge on any atom is 0.223 e. The lowest BCUT2D eigenvalue weighted by Gasteiger charge is -2.25. The Hall–Kier alpha value is -0.650. The first kappa shape index (κ1) is 11.8. The Balaban J connectivity index is 1.74. The van der Waals surface area contributed by atoms with Crippen LogP contribution in [0.25, 0.3) is 0 Å². The Morgan fingerprint density at radius 2 is 2.25 bits per heavy atom. The topological polar surface area (TPSA) is 70.6 Å². The first-order chi connectivity index (χ1) is 7.70. The van der Waals surface area contributed by atoms with Gasteiger partial charge in [-0.15, -0.1) is 0 Å². The van der Waals surface area contributed by atoms with Crippen molar-refractivity contribution >= 4 is 5.91 Å². The van der Waals surface area contributed by atoms with E-state index in [0.717, 1.165) is 25.9 Å². The lowest BCUT2D eigenvalue weighted by molar-refractivity contribution is -0.127. The third-order valence-corrected chi connectivity index (χ3v) is 3.38. The third-order valence-electron chi connectivity index (χ3n) is 3.38. The Morgan fingerprint density at radius 3 is 2.88 bits per heavy atom. The van der Waals surface area contributed by atoms with E-state index in [9.17, 15) is 9.90 Å². The van der Waals surface area contributed by atoms with E-state index in [1.165, 1.54) is 0 Å². The molecular formula is C11H20N2O3. The van der Waals surface area contributed by atoms with Crippen molar-refractivity contribution in [2.75, 3.05) is 32.8 Å². The highest BCUT2D eigenvalue weighted by Crippen LogP contribution is 2.18. The van der Waals surface area contributed by atoms with E-state index in [4.69, 9.17) is 4.74 Å². The number of carbonyl (C=O) groups is 1. The van der Waals surface area contributed by atoms with Crippen molar-refractivity contribution in [2.45, 2.75) is 24.9 Å². The van der Waals surface area contributed by atoms with E-state index in [-0.39, 0.29) is 11.8 Å². The second kappa shape index (κ2) is 5.12. The molecule has 0 aromatic rings. The van der Waals surface area contributed by atoms with E-state index in [1.54, 1.807) is 0 Å². The molecule has 1 atom stereocenters. The molecule has 0 bridgehead atoms. The van der Waals surface area contributed by atoms with Gasteiger partial charge in [0.15, 0.2) is 0 Å². The van der Waals surface area contributed by atoms with E-state index in [2.05, 4.69) is 10.6 Å². The van der Waals surface area contributed by atoms with Crippen molar-refractivity contribution in [1.82, 2.24) is 10.6 Å². The predicted molar refractivity (Wildman–Crippen MR) is 59.0 cm³/mol. The fraction of sp³-hybridized carbons (Fsp3) is 0.909. The van der Waals surface area contributed by atoms with Gasteiger partial charge in [-0.05, 0) is 25.9 Å². The third kappa shape index (κ3) is 2.93. The van der Waals surface area contributed by atoms with Crippen LogP contribution in [0.4, 0.5) is 0 Å². The minimum atomic E-state index is -0.845. The van der Waals surface area contributed by atoms with E-state index in [1.807, 2.05) is 0 Å². The molecule has 2 fully saturated rings. The monoisotopic (exact) mass is 228 g/mol. The fourth-order valence-electron chi connectivity index (χ4n) is 2.22. The number of aliphatic hydroxyl groups is 1. The summed E-state index contributed by atoms with van der Waals surface area (Å²) >= 11 is 0. The molecule has 0 spiro atoms. The van der Waals surface area contributed by atoms with E-state index < -0.39 is 5.60 Å². The molecule has 2 saturated heterocycles. The number of hydrogen-bond acceptors (Lipinski definition) is 4. The van der Waals surface area contributed by atoms with Crippen molar-refractivity contribution in [3.05, 3.63) is 0 Å². The number of amides is 1. The van der Waals surface area contributed by atoms with Gasteiger partial charge < -0.3 is 20.5 Å². The summed E-state index contributed by atoms with van der Waals surface area (Å²) in [6.45, 7) is 3.05. The second-order valence-corrected chi connectivity index (χ2v) is 4.77. The van der Waals surface area contributed by atoms with Crippen LogP contribution < -0.4 is 10.6 Å². The van der Waals surface area contributed by atoms with Gasteiger partial charge in [-0.25, -0.2) is 0 Å². The van der Waals surface area contributed by atoms with Crippen molar-refractivity contribution in [3.8, 4) is 0 Å². The molecule has 2 aliphatic heterocycles. The maximum atomic E-state index is 11.8. The average molecular weight is 228 g/mol. The standard InChI is InChI=1S/C11H20N2O3/c14-10(9-1-4-12-5-2-9)13-7-11(15)3-6-16-8-11/h9,12,15H,1-8H2,(H,13,14). The average Bonchev–Trinajstić information content (AvgIpc) is 2.75. The molecule has 0 radical (unpaired) electrons. The molecule has 92 valence electrons. The highest BCUT2D eigenvalue weighted by atomic mass is 16.5. The van der Waals surface area contributed by atoms with Gasteiger partial charge in [0.1, 0.15) is 5.60 Å². The van der Waals surface area contributed by atoms with Gasteiger partial charge in [-0.3, -0.25) is 4.79 Å². The largest absolute Gasteiger partial charge is 0.386 e. The molecule has 3 N–H and O–H groups in total. The van der Waals surface area contributed by atoms with Gasteiger partial charge in [0.05, 0.1) is 6.61 Å². The lowest BCUT2D eigenvalue weighted by Crippen LogP contribution is -2.46. The number of piperidine rings is 1. The molecule has 1 unspecified atom stereocenters. The van der Waals surface area contributed by atoms with Crippen LogP contribution in [-0.4, -0.2) is 49.5 Å². The van der Waals surface area contributed by atoms with Crippen molar-refractivity contribution in [1.29, 1.82) is 0 Å². The summed E-state index contributed by atoms with van der Waals surface area (Å²) in [5.41, 5.74) is -0.845. The summed E-state index contributed by atoms with van der Waals surface area (Å²) in [4.78, 5) is 11.8. The molecule has 2 heterocycles. The summed E-state index contributed by atoms with van der Waals surface area (Å²) in [7, 11) is 0. The Bertz CT molecular complexity index is 246. The molecule has 5 heteroatoms. The number of carbonyl (C=O) groups excluding carboxylic acids is 1. The van der Waals surface area contributed by atoms with Gasteiger partial charge in [-0.1, -0.05) is 0 Å². The highest BCUT2D eigenvalue weighted by Gasteiger charge is 2.33. The van der Waals surface area contributed by atoms with E-state index >= 15 is 0 Å². The molecule has 0 aliphatic carbocycles. The van der Waals surface area contributed by atoms with Crippen LogP contribution in [-0.2, 0) is 9.53 Å². The van der Waals surface area contributed by atoms with Gasteiger partial charge >= 0.3 is 0 Å². The Kier molecular flexibility index (Phi) is 3.78. The molecule has 2 rings (SSSR count). The van der Waals surface area contributed by atoms with Gasteiger partial charge in [0.2, 0.25) is 5.91 Å². The van der Waals surface area contributed by atoms with Gasteiger partial charge in [-0.2, -0.15) is 0 Å². The van der Waals surface area contributed by atoms with Gasteiger partial charge in [0, 0.05) is 25.5 Å². The minimum absolute atomic E-state index is 0.0711. The molecule has 0 aromatic heterocycles. The second-order valence-electron chi connectivity index (χ2n) is 4.77. The summed E-state index contributed by atoms with van der Waals surface area (Å²) < 4.78 is 5.13. The zero-order valence-electron chi connectivity index (χ0n) is 9.50. The molecule has 1 amide bonds. The van der Waals surface area contributed by atoms with Crippen LogP contribution in [0.2, 0.25) is 0 Å². The van der Waals surface area contributed by atoms with Crippen LogP contribution in [0.5, 0.6) is 0 Å². The molecular weight excluding hydrogens is 208 g/mol. The normalized spacial score (nSPS) is 31.6. The Morgan fingerprint density at radius 1 is 1.50 bits per heavy atom. The molecule has 16 heavy (non-hydrogen) atoms. The van der Waals surface area contributed by atoms with Crippen LogP contribution in [0.15, 0.2) is 0 Å². The molecule has 0 aromatic carbocycles. The molecule has 5 nitrogen and oxygen atoms in total. The minimum Gasteiger partial charge on any atom is -0.386 e. The van der Waals surface area contributed by atoms with Crippen molar-refractivity contribution < 1.29 is 14.6 Å². The van der Waals surface area contributed by atoms with Gasteiger partial charge in [0.25, 0.3) is 0 Å². The number of rotatable bonds is 3. The first-order valence-electron chi connectivity index (χ1n) is 5.98. The number of hydrogen-bond donors (Lipinski definition) is 3. The SMILES string of the molecule is O=C(NCC1(O)CCOC1)C1CCNCC1. The number of ether oxygens (including phenoxy) is 1. The van der Waals surface area contributed by atoms with Crippen LogP contribution in [0, 0.1) is 5.92 Å². The molecule has 2 aliphatic rings. The highest BCUT2D eigenvalue weighted by molar-refractivity contribution is 5.78. The maximum absolute atomic E-state index is 11.8. The van der Waals surface area contributed by atoms with E-state index in [0.29, 0.717) is 26.2 Å². The van der Waals surface area contributed by atoms with Crippen LogP contribution >= 0.6 is 0 Å². The molecule has 0 saturated carbocycles. The lowest BCUT2D eigenvalue weighted by atomic mass is 9.96. The summed E-state index contributed by atoms with van der Waals surface area (Å²) in [6.07, 6.45) is 2.39. The predicted octanol–water partition coefficient (Wildman–Crippen LogP) is -0.746. The first-order valence-corrected chi connectivity index (χ1v) is 5.98. The van der Waals surface area contributed by atoms with Crippen LogP contribution in [0.3, 0.4) is 0 Å². The quantitative estimate of drug-likeness (QED) is 0.594. The van der Waals surface area contributed by atoms with Crippen molar-refractivity contribution in [2.24, 2.45) is 5.92 Å². The Labute approximate surface area is 95.5 Å². The van der Waals surface area contributed by atoms with Crippen molar-refractivity contribution in [3.63, 3.8) is 0 Å². The fourth-order valence-corrected chi connectivity index (χ4v) is 2.22. The number of nitrogens with one attached hydrogen (secondary N) is 2.